The third-order valence-electron chi connectivity index (χ3n) is 5.90. The predicted octanol–water partition coefficient (Wildman–Crippen LogP) is 4.38. The van der Waals surface area contributed by atoms with Gasteiger partial charge in [0.1, 0.15) is 11.5 Å². The Morgan fingerprint density at radius 2 is 1.60 bits per heavy atom. The van der Waals surface area contributed by atoms with E-state index in [9.17, 15) is 13.2 Å². The van der Waals surface area contributed by atoms with Crippen molar-refractivity contribution in [1.29, 1.82) is 0 Å². The van der Waals surface area contributed by atoms with Gasteiger partial charge in [-0.05, 0) is 43.3 Å². The summed E-state index contributed by atoms with van der Waals surface area (Å²) in [6, 6.07) is 18.9. The number of anilines is 5. The van der Waals surface area contributed by atoms with Crippen LogP contribution < -0.4 is 29.7 Å². The van der Waals surface area contributed by atoms with E-state index >= 15 is 0 Å². The molecule has 0 aliphatic carbocycles. The van der Waals surface area contributed by atoms with Crippen LogP contribution in [0.15, 0.2) is 66.7 Å². The van der Waals surface area contributed by atoms with Crippen LogP contribution in [0.4, 0.5) is 28.7 Å². The number of unbranched alkanes of at least 4 members (excludes halogenated alkanes) is 1. The number of nitrogens with one attached hydrogen (secondary N) is 3. The number of hydrogen-bond donors (Lipinski definition) is 4. The predicted molar refractivity (Wildman–Crippen MR) is 158 cm³/mol. The minimum absolute atomic E-state index is 0.0568. The average Bonchev–Trinajstić information content (AvgIpc) is 2.95. The molecule has 1 aromatic heterocycles. The van der Waals surface area contributed by atoms with Crippen molar-refractivity contribution >= 4 is 56.5 Å². The maximum Gasteiger partial charge on any atom is 0.238 e. The lowest BCUT2D eigenvalue weighted by molar-refractivity contribution is -0.115. The number of amides is 1. The molecule has 0 saturated carbocycles. The zero-order valence-electron chi connectivity index (χ0n) is 22.5. The molecule has 210 valence electrons. The van der Waals surface area contributed by atoms with Crippen LogP contribution in [-0.2, 0) is 15.7 Å². The van der Waals surface area contributed by atoms with Gasteiger partial charge in [-0.2, -0.15) is 0 Å². The number of thiol groups is 1. The first kappa shape index (κ1) is 28.6. The summed E-state index contributed by atoms with van der Waals surface area (Å²) in [4.78, 5) is 21.8. The summed E-state index contributed by atoms with van der Waals surface area (Å²) in [7, 11) is -0.135. The van der Waals surface area contributed by atoms with E-state index < -0.39 is 10.9 Å². The lowest BCUT2D eigenvalue weighted by atomic mass is 10.2. The molecular weight excluding hydrogens is 532 g/mol. The maximum absolute atomic E-state index is 12.7. The molecule has 11 nitrogen and oxygen atoms in total. The fourth-order valence-electron chi connectivity index (χ4n) is 3.96. The highest BCUT2D eigenvalue weighted by Gasteiger charge is 2.21. The van der Waals surface area contributed by atoms with Crippen LogP contribution in [0.25, 0.3) is 11.0 Å². The number of ether oxygens (including phenoxy) is 2. The highest BCUT2D eigenvalue weighted by Crippen LogP contribution is 2.35. The van der Waals surface area contributed by atoms with Crippen molar-refractivity contribution in [3.8, 4) is 11.5 Å². The monoisotopic (exact) mass is 564 g/mol. The van der Waals surface area contributed by atoms with Gasteiger partial charge in [0.25, 0.3) is 0 Å². The molecule has 0 aliphatic rings. The number of rotatable bonds is 13. The Morgan fingerprint density at radius 3 is 2.25 bits per heavy atom. The van der Waals surface area contributed by atoms with E-state index in [-0.39, 0.29) is 29.8 Å². The molecule has 0 atom stereocenters. The number of fused-ring (bicyclic) bond motifs is 1. The van der Waals surface area contributed by atoms with Crippen molar-refractivity contribution in [2.24, 2.45) is 0 Å². The molecule has 3 aromatic carbocycles. The van der Waals surface area contributed by atoms with Crippen molar-refractivity contribution in [2.75, 3.05) is 42.2 Å². The molecule has 0 radical (unpaired) electrons. The minimum Gasteiger partial charge on any atom is -0.497 e. The van der Waals surface area contributed by atoms with Crippen LogP contribution in [0.2, 0.25) is 0 Å². The number of carbonyl (C=O) groups excluding carboxylic acids is 1. The van der Waals surface area contributed by atoms with Gasteiger partial charge in [-0.3, -0.25) is 4.79 Å². The van der Waals surface area contributed by atoms with Crippen molar-refractivity contribution in [3.63, 3.8) is 0 Å². The maximum atomic E-state index is 12.7. The second-order valence-corrected chi connectivity index (χ2v) is 9.67. The first-order chi connectivity index (χ1) is 19.4. The topological polar surface area (TPSA) is 135 Å². The summed E-state index contributed by atoms with van der Waals surface area (Å²) < 4.78 is 37.2. The number of methoxy groups -OCH3 is 2. The highest BCUT2D eigenvalue weighted by atomic mass is 32.2. The Kier molecular flexibility index (Phi) is 9.71. The van der Waals surface area contributed by atoms with Gasteiger partial charge >= 0.3 is 0 Å². The number of carbonyl (C=O) groups is 1. The number of aromatic nitrogens is 2. The first-order valence-corrected chi connectivity index (χ1v) is 13.9. The molecular formula is C28H32N6O5S. The molecule has 1 amide bonds. The van der Waals surface area contributed by atoms with E-state index in [0.717, 1.165) is 23.7 Å². The van der Waals surface area contributed by atoms with E-state index in [2.05, 4.69) is 32.8 Å². The number of nitrogens with zero attached hydrogens (tertiary/aromatic N) is 3. The first-order valence-electron chi connectivity index (χ1n) is 12.7. The summed E-state index contributed by atoms with van der Waals surface area (Å²) in [6.45, 7) is 2.97. The SMILES string of the molecule is CCCCNCC(=O)Nc1cccc(N(c2nc3ccccc3nc2Nc2cc(OC)cc(OC)c2)[SH](=O)=O)c1. The normalized spacial score (nSPS) is 10.9. The molecule has 1 heterocycles. The van der Waals surface area contributed by atoms with Gasteiger partial charge in [-0.25, -0.2) is 22.7 Å². The molecule has 0 unspecified atom stereocenters. The number of benzene rings is 3. The molecule has 4 aromatic rings. The van der Waals surface area contributed by atoms with Gasteiger partial charge in [0.15, 0.2) is 11.6 Å². The van der Waals surface area contributed by atoms with Crippen LogP contribution >= 0.6 is 0 Å². The Balaban J connectivity index is 1.73. The molecule has 4 rings (SSSR count). The van der Waals surface area contributed by atoms with Crippen molar-refractivity contribution in [2.45, 2.75) is 19.8 Å². The number of hydrogen-bond acceptors (Lipinski definition) is 9. The summed E-state index contributed by atoms with van der Waals surface area (Å²) in [5, 5.41) is 9.08. The van der Waals surface area contributed by atoms with Crippen LogP contribution in [-0.4, -0.2) is 51.6 Å². The molecule has 0 spiro atoms. The third-order valence-corrected chi connectivity index (χ3v) is 6.64. The fraction of sp³-hybridized carbons (Fsp3) is 0.250. The van der Waals surface area contributed by atoms with Crippen LogP contribution in [0.1, 0.15) is 19.8 Å². The standard InChI is InChI=1S/C28H32N6O5S/c1-4-5-13-29-18-26(35)30-19-9-8-10-21(14-19)34(40(36)37)28-27(32-24-11-6-7-12-25(24)33-28)31-20-15-22(38-2)17-23(16-20)39-3/h6-12,14-17,29,40H,4-5,13,18H2,1-3H3,(H,30,35)(H,31,32). The van der Waals surface area contributed by atoms with Crippen LogP contribution in [0, 0.1) is 0 Å². The molecule has 40 heavy (non-hydrogen) atoms. The second-order valence-electron chi connectivity index (χ2n) is 8.79. The molecule has 0 saturated heterocycles. The van der Waals surface area contributed by atoms with E-state index in [1.807, 2.05) is 6.07 Å². The lowest BCUT2D eigenvalue weighted by Crippen LogP contribution is -2.28. The van der Waals surface area contributed by atoms with Crippen LogP contribution in [0.3, 0.4) is 0 Å². The smallest absolute Gasteiger partial charge is 0.238 e. The largest absolute Gasteiger partial charge is 0.497 e. The summed E-state index contributed by atoms with van der Waals surface area (Å²) in [5.74, 6) is 1.10. The average molecular weight is 565 g/mol. The van der Waals surface area contributed by atoms with E-state index in [1.165, 1.54) is 14.2 Å². The van der Waals surface area contributed by atoms with Gasteiger partial charge in [0, 0.05) is 29.6 Å². The second kappa shape index (κ2) is 13.6. The summed E-state index contributed by atoms with van der Waals surface area (Å²) >= 11 is 0. The van der Waals surface area contributed by atoms with Gasteiger partial charge < -0.3 is 25.4 Å². The summed E-state index contributed by atoms with van der Waals surface area (Å²) in [6.07, 6.45) is 2.00. The highest BCUT2D eigenvalue weighted by molar-refractivity contribution is 7.74. The third kappa shape index (κ3) is 7.16. The van der Waals surface area contributed by atoms with Crippen LogP contribution in [0.5, 0.6) is 11.5 Å². The zero-order valence-corrected chi connectivity index (χ0v) is 23.4. The van der Waals surface area contributed by atoms with Gasteiger partial charge in [-0.1, -0.05) is 31.5 Å². The van der Waals surface area contributed by atoms with Gasteiger partial charge in [-0.15, -0.1) is 0 Å². The molecule has 12 heteroatoms. The summed E-state index contributed by atoms with van der Waals surface area (Å²) in [5.41, 5.74) is 2.36. The number of para-hydroxylation sites is 2. The van der Waals surface area contributed by atoms with E-state index in [4.69, 9.17) is 9.47 Å². The Labute approximate surface area is 234 Å². The van der Waals surface area contributed by atoms with Crippen molar-refractivity contribution in [1.82, 2.24) is 15.3 Å². The lowest BCUT2D eigenvalue weighted by Gasteiger charge is -2.21. The zero-order chi connectivity index (χ0) is 28.5. The minimum atomic E-state index is -3.21. The Morgan fingerprint density at radius 1 is 0.900 bits per heavy atom. The van der Waals surface area contributed by atoms with E-state index in [1.54, 1.807) is 60.7 Å². The molecule has 0 fully saturated rings. The van der Waals surface area contributed by atoms with Gasteiger partial charge in [0.2, 0.25) is 16.8 Å². The molecule has 0 aliphatic heterocycles. The fourth-order valence-corrected chi connectivity index (χ4v) is 4.56. The Bertz CT molecular complexity index is 1530. The van der Waals surface area contributed by atoms with E-state index in [0.29, 0.717) is 33.9 Å². The molecule has 0 bridgehead atoms. The quantitative estimate of drug-likeness (QED) is 0.138. The Hall–Kier alpha value is -4.42. The van der Waals surface area contributed by atoms with Gasteiger partial charge in [0.05, 0.1) is 37.5 Å². The molecule has 3 N–H and O–H groups in total. The van der Waals surface area contributed by atoms with Crippen molar-refractivity contribution < 1.29 is 22.7 Å². The van der Waals surface area contributed by atoms with Crippen molar-refractivity contribution in [3.05, 3.63) is 66.7 Å².